The van der Waals surface area contributed by atoms with Crippen molar-refractivity contribution >= 4 is 5.91 Å². The minimum absolute atomic E-state index is 0.131. The molecule has 1 unspecified atom stereocenters. The fourth-order valence-corrected chi connectivity index (χ4v) is 0.691. The first-order valence-corrected chi connectivity index (χ1v) is 2.80. The fraction of sp³-hybridized carbons (Fsp3) is 0.800. The summed E-state index contributed by atoms with van der Waals surface area (Å²) >= 11 is 0. The van der Waals surface area contributed by atoms with Crippen molar-refractivity contribution in [1.82, 2.24) is 10.6 Å². The summed E-state index contributed by atoms with van der Waals surface area (Å²) < 4.78 is 4.81. The van der Waals surface area contributed by atoms with Crippen LogP contribution in [0.15, 0.2) is 0 Å². The smallest absolute Gasteiger partial charge is 0.257 e. The number of hydrogen-bond acceptors (Lipinski definition) is 3. The molecule has 1 radical (unpaired) electrons. The topological polar surface area (TPSA) is 52.4 Å². The first kappa shape index (κ1) is 6.51. The quantitative estimate of drug-likeness (QED) is 0.478. The number of piperazine rings is 1. The van der Waals surface area contributed by atoms with E-state index < -0.39 is 0 Å². The van der Waals surface area contributed by atoms with Crippen LogP contribution in [0.3, 0.4) is 0 Å². The van der Waals surface area contributed by atoms with E-state index in [1.54, 1.807) is 0 Å². The number of methoxy groups -OCH3 is 1. The van der Waals surface area contributed by atoms with Gasteiger partial charge in [0.1, 0.15) is 0 Å². The molecule has 51 valence electrons. The van der Waals surface area contributed by atoms with Crippen molar-refractivity contribution in [1.29, 1.82) is 0 Å². The molecule has 1 saturated heterocycles. The van der Waals surface area contributed by atoms with Gasteiger partial charge in [-0.2, -0.15) is 0 Å². The Labute approximate surface area is 53.6 Å². The maximum Gasteiger partial charge on any atom is 0.257 e. The van der Waals surface area contributed by atoms with Crippen LogP contribution in [0.5, 0.6) is 0 Å². The van der Waals surface area contributed by atoms with E-state index in [9.17, 15) is 4.79 Å². The summed E-state index contributed by atoms with van der Waals surface area (Å²) in [6, 6.07) is 0. The van der Waals surface area contributed by atoms with Crippen LogP contribution < -0.4 is 10.6 Å². The standard InChI is InChI=1S/C5H9N2O2/c1-9-5-3-6-2-4(8)7-5/h5-6H,2-3H2,1H3. The molecular formula is C5H9N2O2. The highest BCUT2D eigenvalue weighted by Crippen LogP contribution is 1.89. The zero-order chi connectivity index (χ0) is 6.69. The lowest BCUT2D eigenvalue weighted by Gasteiger charge is -2.19. The summed E-state index contributed by atoms with van der Waals surface area (Å²) in [5.41, 5.74) is 0. The first-order chi connectivity index (χ1) is 4.33. The molecule has 1 fully saturated rings. The van der Waals surface area contributed by atoms with E-state index in [4.69, 9.17) is 4.74 Å². The molecule has 1 rings (SSSR count). The molecule has 1 aliphatic rings. The second kappa shape index (κ2) is 2.80. The zero-order valence-electron chi connectivity index (χ0n) is 5.26. The van der Waals surface area contributed by atoms with Crippen LogP contribution in [-0.4, -0.2) is 32.3 Å². The molecule has 0 aromatic rings. The summed E-state index contributed by atoms with van der Waals surface area (Å²) in [7, 11) is 1.54. The van der Waals surface area contributed by atoms with E-state index in [1.165, 1.54) is 7.11 Å². The van der Waals surface area contributed by atoms with Crippen LogP contribution in [0.25, 0.3) is 0 Å². The predicted octanol–water partition coefficient (Wildman–Crippen LogP) is -1.31. The molecule has 4 heteroatoms. The monoisotopic (exact) mass is 129 g/mol. The van der Waals surface area contributed by atoms with Gasteiger partial charge in [-0.1, -0.05) is 0 Å². The third kappa shape index (κ3) is 1.65. The highest BCUT2D eigenvalue weighted by atomic mass is 16.5. The van der Waals surface area contributed by atoms with Crippen molar-refractivity contribution in [2.75, 3.05) is 20.2 Å². The van der Waals surface area contributed by atoms with Gasteiger partial charge >= 0.3 is 0 Å². The average Bonchev–Trinajstić information content (AvgIpc) is 1.88. The maximum absolute atomic E-state index is 10.5. The molecule has 1 atom stereocenters. The molecule has 4 nitrogen and oxygen atoms in total. The van der Waals surface area contributed by atoms with Crippen molar-refractivity contribution in [3.05, 3.63) is 0 Å². The fourth-order valence-electron chi connectivity index (χ4n) is 0.691. The summed E-state index contributed by atoms with van der Waals surface area (Å²) in [6.45, 7) is 0.988. The van der Waals surface area contributed by atoms with Gasteiger partial charge in [0.05, 0.1) is 6.54 Å². The Balaban J connectivity index is 2.32. The highest BCUT2D eigenvalue weighted by Gasteiger charge is 2.17. The van der Waals surface area contributed by atoms with Crippen molar-refractivity contribution in [2.24, 2.45) is 0 Å². The van der Waals surface area contributed by atoms with E-state index in [0.717, 1.165) is 0 Å². The molecule has 0 aromatic heterocycles. The van der Waals surface area contributed by atoms with Gasteiger partial charge in [-0.25, -0.2) is 5.32 Å². The van der Waals surface area contributed by atoms with Crippen LogP contribution in [0.1, 0.15) is 0 Å². The normalized spacial score (nSPS) is 27.7. The van der Waals surface area contributed by atoms with Crippen LogP contribution in [0, 0.1) is 0 Å². The summed E-state index contributed by atoms with van der Waals surface area (Å²) in [4.78, 5) is 10.5. The Hall–Kier alpha value is -0.610. The van der Waals surface area contributed by atoms with Crippen molar-refractivity contribution < 1.29 is 9.53 Å². The minimum atomic E-state index is -0.272. The van der Waals surface area contributed by atoms with Gasteiger partial charge in [0, 0.05) is 13.7 Å². The summed E-state index contributed by atoms with van der Waals surface area (Å²) in [5, 5.41) is 6.54. The molecule has 0 spiro atoms. The summed E-state index contributed by atoms with van der Waals surface area (Å²) in [6.07, 6.45) is -0.272. The van der Waals surface area contributed by atoms with Crippen molar-refractivity contribution in [2.45, 2.75) is 6.23 Å². The van der Waals surface area contributed by atoms with E-state index in [0.29, 0.717) is 13.1 Å². The molecular weight excluding hydrogens is 120 g/mol. The average molecular weight is 129 g/mol. The minimum Gasteiger partial charge on any atom is -0.358 e. The van der Waals surface area contributed by atoms with Crippen LogP contribution in [0.4, 0.5) is 0 Å². The highest BCUT2D eigenvalue weighted by molar-refractivity contribution is 5.78. The molecule has 1 heterocycles. The predicted molar refractivity (Wildman–Crippen MR) is 30.8 cm³/mol. The Kier molecular flexibility index (Phi) is 2.02. The Morgan fingerprint density at radius 3 is 3.11 bits per heavy atom. The number of nitrogens with zero attached hydrogens (tertiary/aromatic N) is 1. The lowest BCUT2D eigenvalue weighted by Crippen LogP contribution is -2.48. The van der Waals surface area contributed by atoms with Crippen LogP contribution >= 0.6 is 0 Å². The third-order valence-corrected chi connectivity index (χ3v) is 1.16. The molecule has 0 aromatic carbocycles. The van der Waals surface area contributed by atoms with Crippen LogP contribution in [0.2, 0.25) is 0 Å². The largest absolute Gasteiger partial charge is 0.358 e. The molecule has 0 aliphatic carbocycles. The lowest BCUT2D eigenvalue weighted by molar-refractivity contribution is -0.126. The molecule has 1 aliphatic heterocycles. The third-order valence-electron chi connectivity index (χ3n) is 1.16. The SMILES string of the molecule is COC1CNCC(=O)[N]1. The van der Waals surface area contributed by atoms with E-state index in [-0.39, 0.29) is 12.1 Å². The van der Waals surface area contributed by atoms with E-state index >= 15 is 0 Å². The zero-order valence-corrected chi connectivity index (χ0v) is 5.26. The number of ether oxygens (including phenoxy) is 1. The number of amides is 1. The molecule has 9 heavy (non-hydrogen) atoms. The van der Waals surface area contributed by atoms with Gasteiger partial charge in [0.2, 0.25) is 0 Å². The van der Waals surface area contributed by atoms with Gasteiger partial charge in [-0.3, -0.25) is 4.79 Å². The van der Waals surface area contributed by atoms with Gasteiger partial charge in [0.25, 0.3) is 5.91 Å². The van der Waals surface area contributed by atoms with Crippen molar-refractivity contribution in [3.63, 3.8) is 0 Å². The first-order valence-electron chi connectivity index (χ1n) is 2.80. The van der Waals surface area contributed by atoms with Crippen molar-refractivity contribution in [3.8, 4) is 0 Å². The molecule has 0 bridgehead atoms. The number of carbonyl (C=O) groups is 1. The lowest BCUT2D eigenvalue weighted by atomic mass is 10.4. The number of hydrogen-bond donors (Lipinski definition) is 1. The molecule has 1 amide bonds. The van der Waals surface area contributed by atoms with Gasteiger partial charge in [-0.05, 0) is 0 Å². The number of nitrogens with one attached hydrogen (secondary N) is 1. The molecule has 0 saturated carbocycles. The van der Waals surface area contributed by atoms with E-state index in [1.807, 2.05) is 0 Å². The maximum atomic E-state index is 10.5. The second-order valence-electron chi connectivity index (χ2n) is 1.84. The van der Waals surface area contributed by atoms with Gasteiger partial charge in [0.15, 0.2) is 6.23 Å². The number of rotatable bonds is 1. The summed E-state index contributed by atoms with van der Waals surface area (Å²) in [5.74, 6) is -0.131. The Bertz CT molecular complexity index is 116. The Morgan fingerprint density at radius 1 is 1.89 bits per heavy atom. The Morgan fingerprint density at radius 2 is 2.67 bits per heavy atom. The number of carbonyl (C=O) groups excluding carboxylic acids is 1. The second-order valence-corrected chi connectivity index (χ2v) is 1.84. The van der Waals surface area contributed by atoms with Crippen LogP contribution in [-0.2, 0) is 9.53 Å². The van der Waals surface area contributed by atoms with Gasteiger partial charge in [-0.15, -0.1) is 0 Å². The van der Waals surface area contributed by atoms with E-state index in [2.05, 4.69) is 10.6 Å². The van der Waals surface area contributed by atoms with Gasteiger partial charge < -0.3 is 10.1 Å². The molecule has 1 N–H and O–H groups in total.